The van der Waals surface area contributed by atoms with Crippen LogP contribution < -0.4 is 0 Å². The molecular weight excluding hydrogens is 202 g/mol. The topological polar surface area (TPSA) is 120 Å². The van der Waals surface area contributed by atoms with Gasteiger partial charge in [-0.05, 0) is 16.0 Å². The number of aliphatic hydroxyl groups excluding tert-OH is 2. The lowest BCUT2D eigenvalue weighted by Crippen LogP contribution is -2.15. The van der Waals surface area contributed by atoms with Crippen LogP contribution in [0.4, 0.5) is 5.82 Å². The maximum Gasteiger partial charge on any atom is 0.363 e. The number of nitro groups is 1. The van der Waals surface area contributed by atoms with Gasteiger partial charge in [0.05, 0.1) is 6.07 Å². The fourth-order valence-corrected chi connectivity index (χ4v) is 0.933. The fourth-order valence-electron chi connectivity index (χ4n) is 0.933. The summed E-state index contributed by atoms with van der Waals surface area (Å²) in [7, 11) is 0. The minimum Gasteiger partial charge on any atom is -0.384 e. The van der Waals surface area contributed by atoms with E-state index < -0.39 is 17.1 Å². The molecule has 0 amide bonds. The van der Waals surface area contributed by atoms with Gasteiger partial charge in [0, 0.05) is 11.6 Å². The van der Waals surface area contributed by atoms with Crippen molar-refractivity contribution in [2.75, 3.05) is 0 Å². The first-order chi connectivity index (χ1) is 7.06. The number of nitrogens with zero attached hydrogens (tertiary/aromatic N) is 3. The van der Waals surface area contributed by atoms with Crippen molar-refractivity contribution in [3.8, 4) is 6.07 Å². The van der Waals surface area contributed by atoms with Crippen LogP contribution in [-0.4, -0.2) is 26.2 Å². The van der Waals surface area contributed by atoms with E-state index in [2.05, 4.69) is 4.98 Å². The van der Waals surface area contributed by atoms with Gasteiger partial charge >= 0.3 is 5.82 Å². The molecule has 7 nitrogen and oxygen atoms in total. The van der Waals surface area contributed by atoms with E-state index in [0.717, 1.165) is 12.3 Å². The quantitative estimate of drug-likeness (QED) is 0.407. The van der Waals surface area contributed by atoms with Gasteiger partial charge in [-0.1, -0.05) is 0 Å². The molecule has 0 saturated heterocycles. The third-order valence-electron chi connectivity index (χ3n) is 1.73. The van der Waals surface area contributed by atoms with Crippen LogP contribution in [0.25, 0.3) is 0 Å². The Hall–Kier alpha value is -2.04. The van der Waals surface area contributed by atoms with Crippen LogP contribution in [0.5, 0.6) is 0 Å². The number of rotatable bonds is 3. The molecule has 2 atom stereocenters. The lowest BCUT2D eigenvalue weighted by atomic mass is 10.1. The highest BCUT2D eigenvalue weighted by molar-refractivity contribution is 5.25. The van der Waals surface area contributed by atoms with E-state index in [-0.39, 0.29) is 11.4 Å². The SMILES string of the molecule is N#CC(O)C(O)c1ccc([N+](=O)[O-])nc1. The molecule has 0 aliphatic heterocycles. The summed E-state index contributed by atoms with van der Waals surface area (Å²) >= 11 is 0. The van der Waals surface area contributed by atoms with Gasteiger partial charge in [0.2, 0.25) is 0 Å². The average molecular weight is 209 g/mol. The third-order valence-corrected chi connectivity index (χ3v) is 1.73. The van der Waals surface area contributed by atoms with Crippen LogP contribution >= 0.6 is 0 Å². The molecule has 0 bridgehead atoms. The van der Waals surface area contributed by atoms with Crippen molar-refractivity contribution in [1.29, 1.82) is 5.26 Å². The Morgan fingerprint density at radius 1 is 1.53 bits per heavy atom. The minimum atomic E-state index is -1.58. The summed E-state index contributed by atoms with van der Waals surface area (Å²) in [5, 5.41) is 36.9. The molecule has 0 fully saturated rings. The number of nitriles is 1. The predicted octanol–water partition coefficient (Wildman–Crippen LogP) is -0.0923. The fraction of sp³-hybridized carbons (Fsp3) is 0.250. The van der Waals surface area contributed by atoms with Crippen LogP contribution in [-0.2, 0) is 0 Å². The van der Waals surface area contributed by atoms with E-state index in [1.165, 1.54) is 12.1 Å². The van der Waals surface area contributed by atoms with Gasteiger partial charge in [0.15, 0.2) is 6.10 Å². The van der Waals surface area contributed by atoms with Gasteiger partial charge in [0.1, 0.15) is 12.3 Å². The van der Waals surface area contributed by atoms with Crippen LogP contribution in [0, 0.1) is 21.4 Å². The first kappa shape index (κ1) is 11.0. The van der Waals surface area contributed by atoms with Gasteiger partial charge in [-0.15, -0.1) is 0 Å². The van der Waals surface area contributed by atoms with Crippen molar-refractivity contribution in [2.45, 2.75) is 12.2 Å². The highest BCUT2D eigenvalue weighted by atomic mass is 16.6. The van der Waals surface area contributed by atoms with Gasteiger partial charge in [-0.25, -0.2) is 0 Å². The lowest BCUT2D eigenvalue weighted by molar-refractivity contribution is -0.389. The number of pyridine rings is 1. The van der Waals surface area contributed by atoms with Crippen molar-refractivity contribution in [3.63, 3.8) is 0 Å². The standard InChI is InChI=1S/C8H7N3O4/c9-3-6(12)8(13)5-1-2-7(10-4-5)11(14)15/h1-2,4,6,8,12-13H. The summed E-state index contributed by atoms with van der Waals surface area (Å²) in [5.74, 6) is -0.364. The second-order valence-electron chi connectivity index (χ2n) is 2.73. The first-order valence-electron chi connectivity index (χ1n) is 3.92. The average Bonchev–Trinajstić information content (AvgIpc) is 2.27. The van der Waals surface area contributed by atoms with Crippen LogP contribution in [0.2, 0.25) is 0 Å². The molecule has 7 heteroatoms. The maximum absolute atomic E-state index is 10.3. The summed E-state index contributed by atoms with van der Waals surface area (Å²) < 4.78 is 0. The zero-order valence-electron chi connectivity index (χ0n) is 7.44. The molecule has 0 aliphatic carbocycles. The van der Waals surface area contributed by atoms with Crippen molar-refractivity contribution < 1.29 is 15.1 Å². The minimum absolute atomic E-state index is 0.148. The van der Waals surface area contributed by atoms with E-state index in [0.29, 0.717) is 0 Å². The molecule has 2 N–H and O–H groups in total. The molecule has 78 valence electrons. The largest absolute Gasteiger partial charge is 0.384 e. The van der Waals surface area contributed by atoms with E-state index in [1.807, 2.05) is 0 Å². The smallest absolute Gasteiger partial charge is 0.363 e. The highest BCUT2D eigenvalue weighted by Crippen LogP contribution is 2.17. The lowest BCUT2D eigenvalue weighted by Gasteiger charge is -2.09. The van der Waals surface area contributed by atoms with Crippen LogP contribution in [0.1, 0.15) is 11.7 Å². The predicted molar refractivity (Wildman–Crippen MR) is 47.5 cm³/mol. The molecule has 0 spiro atoms. The van der Waals surface area contributed by atoms with E-state index >= 15 is 0 Å². The number of hydrogen-bond donors (Lipinski definition) is 2. The molecule has 0 saturated carbocycles. The van der Waals surface area contributed by atoms with Gasteiger partial charge in [-0.2, -0.15) is 5.26 Å². The molecule has 0 aliphatic rings. The molecule has 0 radical (unpaired) electrons. The van der Waals surface area contributed by atoms with Gasteiger partial charge in [0.25, 0.3) is 0 Å². The summed E-state index contributed by atoms with van der Waals surface area (Å²) in [5.41, 5.74) is 0.148. The molecule has 15 heavy (non-hydrogen) atoms. The first-order valence-corrected chi connectivity index (χ1v) is 3.92. The third kappa shape index (κ3) is 2.46. The Morgan fingerprint density at radius 3 is 2.60 bits per heavy atom. The second-order valence-corrected chi connectivity index (χ2v) is 2.73. The van der Waals surface area contributed by atoms with E-state index in [9.17, 15) is 15.2 Å². The second kappa shape index (κ2) is 4.45. The normalized spacial score (nSPS) is 13.9. The van der Waals surface area contributed by atoms with Crippen LogP contribution in [0.3, 0.4) is 0 Å². The van der Waals surface area contributed by atoms with Crippen LogP contribution in [0.15, 0.2) is 18.3 Å². The summed E-state index contributed by atoms with van der Waals surface area (Å²) in [4.78, 5) is 13.0. The molecule has 1 heterocycles. The molecule has 1 aromatic rings. The van der Waals surface area contributed by atoms with Crippen molar-refractivity contribution in [1.82, 2.24) is 4.98 Å². The zero-order chi connectivity index (χ0) is 11.4. The summed E-state index contributed by atoms with van der Waals surface area (Å²) in [6, 6.07) is 3.76. The Balaban J connectivity index is 2.90. The van der Waals surface area contributed by atoms with Crippen molar-refractivity contribution in [3.05, 3.63) is 34.0 Å². The number of hydrogen-bond acceptors (Lipinski definition) is 6. The summed E-state index contributed by atoms with van der Waals surface area (Å²) in [6.45, 7) is 0. The van der Waals surface area contributed by atoms with Crippen molar-refractivity contribution in [2.24, 2.45) is 0 Å². The Morgan fingerprint density at radius 2 is 2.20 bits per heavy atom. The highest BCUT2D eigenvalue weighted by Gasteiger charge is 2.20. The maximum atomic E-state index is 10.3. The molecular formula is C8H7N3O4. The number of aliphatic hydroxyl groups is 2. The molecule has 1 rings (SSSR count). The molecule has 0 aromatic carbocycles. The van der Waals surface area contributed by atoms with E-state index in [4.69, 9.17) is 10.4 Å². The summed E-state index contributed by atoms with van der Waals surface area (Å²) in [6.07, 6.45) is -1.94. The Kier molecular flexibility index (Phi) is 3.28. The Labute approximate surface area is 84.4 Å². The zero-order valence-corrected chi connectivity index (χ0v) is 7.44. The van der Waals surface area contributed by atoms with Gasteiger partial charge in [-0.3, -0.25) is 0 Å². The molecule has 1 aromatic heterocycles. The monoisotopic (exact) mass is 209 g/mol. The Bertz CT molecular complexity index is 397. The van der Waals surface area contributed by atoms with Crippen molar-refractivity contribution >= 4 is 5.82 Å². The van der Waals surface area contributed by atoms with E-state index in [1.54, 1.807) is 0 Å². The van der Waals surface area contributed by atoms with Gasteiger partial charge < -0.3 is 20.3 Å². The molecule has 2 unspecified atom stereocenters. The number of aromatic nitrogens is 1.